The van der Waals surface area contributed by atoms with Gasteiger partial charge in [-0.1, -0.05) is 0 Å². The predicted molar refractivity (Wildman–Crippen MR) is 74.3 cm³/mol. The number of nitrogens with zero attached hydrogens (tertiary/aromatic N) is 3. The maximum atomic E-state index is 12.4. The molecule has 2 amide bonds. The number of carbonyl (C=O) groups excluding carboxylic acids is 2. The summed E-state index contributed by atoms with van der Waals surface area (Å²) in [6.45, 7) is -1.46. The lowest BCUT2D eigenvalue weighted by molar-refractivity contribution is -0.158. The molecular weight excluding hydrogens is 331 g/mol. The average Bonchev–Trinajstić information content (AvgIpc) is 2.85. The molecule has 130 valence electrons. The molecule has 1 N–H and O–H groups in total. The summed E-state index contributed by atoms with van der Waals surface area (Å²) < 4.78 is 37.2. The van der Waals surface area contributed by atoms with Crippen molar-refractivity contribution in [2.75, 3.05) is 20.1 Å². The molecule has 1 atom stereocenters. The van der Waals surface area contributed by atoms with Gasteiger partial charge in [0.05, 0.1) is 11.1 Å². The zero-order valence-electron chi connectivity index (χ0n) is 12.6. The topological polar surface area (TPSA) is 90.8 Å². The second kappa shape index (κ2) is 6.46. The molecule has 7 nitrogen and oxygen atoms in total. The first-order valence-electron chi connectivity index (χ1n) is 6.91. The standard InChI is InChI=1S/C14H14F3N3O4/c1-19(10-2-3-20(12(10)22)7-14(15,16)17)11(21)8-4-9(13(23)24)6-18-5-8/h4-6,10H,2-3,7H2,1H3,(H,23,24). The third-order valence-electron chi connectivity index (χ3n) is 3.66. The van der Waals surface area contributed by atoms with Crippen LogP contribution in [0.15, 0.2) is 18.5 Å². The number of aromatic carboxylic acids is 1. The first kappa shape index (κ1) is 17.7. The van der Waals surface area contributed by atoms with E-state index in [9.17, 15) is 27.6 Å². The number of likely N-dealkylation sites (N-methyl/N-ethyl adjacent to an activating group) is 1. The van der Waals surface area contributed by atoms with Gasteiger partial charge in [-0.15, -0.1) is 0 Å². The van der Waals surface area contributed by atoms with E-state index in [1.807, 2.05) is 0 Å². The van der Waals surface area contributed by atoms with E-state index in [2.05, 4.69) is 4.98 Å². The maximum absolute atomic E-state index is 12.4. The SMILES string of the molecule is CN(C(=O)c1cncc(C(=O)O)c1)C1CCN(CC(F)(F)F)C1=O. The fourth-order valence-corrected chi connectivity index (χ4v) is 2.47. The molecule has 0 bridgehead atoms. The van der Waals surface area contributed by atoms with Gasteiger partial charge >= 0.3 is 12.1 Å². The van der Waals surface area contributed by atoms with Crippen molar-refractivity contribution in [1.29, 1.82) is 0 Å². The Kier molecular flexibility index (Phi) is 4.76. The van der Waals surface area contributed by atoms with Crippen LogP contribution in [0, 0.1) is 0 Å². The number of aromatic nitrogens is 1. The number of hydrogen-bond acceptors (Lipinski definition) is 4. The lowest BCUT2D eigenvalue weighted by Gasteiger charge is -2.24. The molecule has 10 heteroatoms. The summed E-state index contributed by atoms with van der Waals surface area (Å²) in [5.74, 6) is -2.74. The van der Waals surface area contributed by atoms with Gasteiger partial charge in [-0.05, 0) is 12.5 Å². The molecule has 0 saturated carbocycles. The van der Waals surface area contributed by atoms with Crippen molar-refractivity contribution in [1.82, 2.24) is 14.8 Å². The van der Waals surface area contributed by atoms with Crippen molar-refractivity contribution >= 4 is 17.8 Å². The smallest absolute Gasteiger partial charge is 0.406 e. The number of pyridine rings is 1. The second-order valence-corrected chi connectivity index (χ2v) is 5.36. The largest absolute Gasteiger partial charge is 0.478 e. The second-order valence-electron chi connectivity index (χ2n) is 5.36. The van der Waals surface area contributed by atoms with Crippen LogP contribution in [-0.4, -0.2) is 70.0 Å². The molecule has 0 aromatic carbocycles. The van der Waals surface area contributed by atoms with Crippen LogP contribution < -0.4 is 0 Å². The van der Waals surface area contributed by atoms with E-state index in [0.717, 1.165) is 23.4 Å². The molecule has 2 rings (SSSR count). The zero-order valence-corrected chi connectivity index (χ0v) is 12.6. The Balaban J connectivity index is 2.13. The summed E-state index contributed by atoms with van der Waals surface area (Å²) in [4.78, 5) is 40.6. The summed E-state index contributed by atoms with van der Waals surface area (Å²) in [6, 6.07) is 0.0782. The van der Waals surface area contributed by atoms with Crippen molar-refractivity contribution in [3.63, 3.8) is 0 Å². The highest BCUT2D eigenvalue weighted by Gasteiger charge is 2.41. The number of alkyl halides is 3. The fraction of sp³-hybridized carbons (Fsp3) is 0.429. The molecule has 1 aromatic rings. The van der Waals surface area contributed by atoms with Crippen molar-refractivity contribution in [3.05, 3.63) is 29.6 Å². The van der Waals surface area contributed by atoms with E-state index in [-0.39, 0.29) is 24.1 Å². The third kappa shape index (κ3) is 3.81. The van der Waals surface area contributed by atoms with Crippen LogP contribution in [0.1, 0.15) is 27.1 Å². The lowest BCUT2D eigenvalue weighted by Crippen LogP contribution is -2.44. The predicted octanol–water partition coefficient (Wildman–Crippen LogP) is 1.01. The molecule has 1 aliphatic rings. The first-order valence-corrected chi connectivity index (χ1v) is 6.91. The third-order valence-corrected chi connectivity index (χ3v) is 3.66. The minimum Gasteiger partial charge on any atom is -0.478 e. The summed E-state index contributed by atoms with van der Waals surface area (Å²) in [5.41, 5.74) is -0.259. The monoisotopic (exact) mass is 345 g/mol. The zero-order chi connectivity index (χ0) is 18.1. The summed E-state index contributed by atoms with van der Waals surface area (Å²) in [7, 11) is 1.29. The van der Waals surface area contributed by atoms with Crippen molar-refractivity contribution < 1.29 is 32.7 Å². The number of amides is 2. The average molecular weight is 345 g/mol. The molecule has 1 aromatic heterocycles. The Labute approximate surface area is 134 Å². The van der Waals surface area contributed by atoms with Crippen LogP contribution in [0.5, 0.6) is 0 Å². The highest BCUT2D eigenvalue weighted by atomic mass is 19.4. The fourth-order valence-electron chi connectivity index (χ4n) is 2.47. The van der Waals surface area contributed by atoms with Crippen LogP contribution in [0.3, 0.4) is 0 Å². The van der Waals surface area contributed by atoms with E-state index < -0.39 is 36.5 Å². The van der Waals surface area contributed by atoms with Gasteiger partial charge in [-0.2, -0.15) is 13.2 Å². The number of carbonyl (C=O) groups is 3. The van der Waals surface area contributed by atoms with Gasteiger partial charge in [-0.3, -0.25) is 14.6 Å². The summed E-state index contributed by atoms with van der Waals surface area (Å²) >= 11 is 0. The highest BCUT2D eigenvalue weighted by molar-refractivity contribution is 5.99. The molecule has 1 fully saturated rings. The van der Waals surface area contributed by atoms with E-state index >= 15 is 0 Å². The molecule has 1 saturated heterocycles. The molecule has 2 heterocycles. The van der Waals surface area contributed by atoms with Gasteiger partial charge in [-0.25, -0.2) is 4.79 Å². The van der Waals surface area contributed by atoms with Gasteiger partial charge in [0.15, 0.2) is 0 Å². The Morgan fingerprint density at radius 1 is 1.38 bits per heavy atom. The molecule has 0 aliphatic carbocycles. The first-order chi connectivity index (χ1) is 11.1. The van der Waals surface area contributed by atoms with Crippen LogP contribution in [0.4, 0.5) is 13.2 Å². The van der Waals surface area contributed by atoms with Gasteiger partial charge in [0.2, 0.25) is 5.91 Å². The minimum atomic E-state index is -4.51. The number of carboxylic acids is 1. The van der Waals surface area contributed by atoms with Crippen LogP contribution in [-0.2, 0) is 4.79 Å². The number of halogens is 3. The Hall–Kier alpha value is -2.65. The van der Waals surface area contributed by atoms with Gasteiger partial charge in [0.25, 0.3) is 5.91 Å². The number of carboxylic acid groups (broad SMARTS) is 1. The minimum absolute atomic E-state index is 0.0560. The van der Waals surface area contributed by atoms with Crippen LogP contribution in [0.2, 0.25) is 0 Å². The van der Waals surface area contributed by atoms with E-state index in [4.69, 9.17) is 5.11 Å². The van der Waals surface area contributed by atoms with Crippen molar-refractivity contribution in [2.24, 2.45) is 0 Å². The van der Waals surface area contributed by atoms with Gasteiger partial charge < -0.3 is 14.9 Å². The molecule has 0 spiro atoms. The molecule has 1 unspecified atom stereocenters. The molecular formula is C14H14F3N3O4. The highest BCUT2D eigenvalue weighted by Crippen LogP contribution is 2.23. The summed E-state index contributed by atoms with van der Waals surface area (Å²) in [5, 5.41) is 8.89. The van der Waals surface area contributed by atoms with Crippen LogP contribution >= 0.6 is 0 Å². The van der Waals surface area contributed by atoms with E-state index in [1.54, 1.807) is 0 Å². The Morgan fingerprint density at radius 2 is 2.00 bits per heavy atom. The Bertz CT molecular complexity index is 677. The van der Waals surface area contributed by atoms with Crippen LogP contribution in [0.25, 0.3) is 0 Å². The van der Waals surface area contributed by atoms with Gasteiger partial charge in [0.1, 0.15) is 12.6 Å². The Morgan fingerprint density at radius 3 is 2.58 bits per heavy atom. The lowest BCUT2D eigenvalue weighted by atomic mass is 10.1. The number of likely N-dealkylation sites (tertiary alicyclic amines) is 1. The molecule has 0 radical (unpaired) electrons. The maximum Gasteiger partial charge on any atom is 0.406 e. The molecule has 24 heavy (non-hydrogen) atoms. The van der Waals surface area contributed by atoms with Crippen molar-refractivity contribution in [2.45, 2.75) is 18.6 Å². The molecule has 1 aliphatic heterocycles. The normalized spacial score (nSPS) is 17.9. The number of hydrogen-bond donors (Lipinski definition) is 1. The van der Waals surface area contributed by atoms with Crippen molar-refractivity contribution in [3.8, 4) is 0 Å². The summed E-state index contributed by atoms with van der Waals surface area (Å²) in [6.07, 6.45) is -2.24. The van der Waals surface area contributed by atoms with E-state index in [1.165, 1.54) is 7.05 Å². The quantitative estimate of drug-likeness (QED) is 0.880. The number of rotatable bonds is 4. The van der Waals surface area contributed by atoms with E-state index in [0.29, 0.717) is 4.90 Å². The van der Waals surface area contributed by atoms with Gasteiger partial charge in [0, 0.05) is 26.0 Å².